The molecule has 2 aromatic rings. The summed E-state index contributed by atoms with van der Waals surface area (Å²) in [5.41, 5.74) is 9.15. The van der Waals surface area contributed by atoms with Crippen molar-refractivity contribution in [2.24, 2.45) is 0 Å². The van der Waals surface area contributed by atoms with E-state index in [1.54, 1.807) is 0 Å². The summed E-state index contributed by atoms with van der Waals surface area (Å²) >= 11 is 3.50. The lowest BCUT2D eigenvalue weighted by Gasteiger charge is -2.07. The van der Waals surface area contributed by atoms with E-state index in [1.807, 2.05) is 10.7 Å². The number of hydrogen-bond acceptors (Lipinski definition) is 3. The number of anilines is 1. The van der Waals surface area contributed by atoms with Gasteiger partial charge in [0, 0.05) is 10.4 Å². The number of nitrogens with zero attached hydrogens (tertiary/aromatic N) is 3. The smallest absolute Gasteiger partial charge is 0.169 e. The highest BCUT2D eigenvalue weighted by Crippen LogP contribution is 2.42. The van der Waals surface area contributed by atoms with Crippen LogP contribution in [0.4, 0.5) is 5.82 Å². The molecule has 0 radical (unpaired) electrons. The van der Waals surface area contributed by atoms with Crippen molar-refractivity contribution in [3.05, 3.63) is 33.9 Å². The fraction of sp³-hybridized carbons (Fsp3) is 0.333. The van der Waals surface area contributed by atoms with Crippen molar-refractivity contribution in [3.63, 3.8) is 0 Å². The maximum absolute atomic E-state index is 5.89. The monoisotopic (exact) mass is 292 g/mol. The molecule has 0 atom stereocenters. The number of hydrogen-bond donors (Lipinski definition) is 1. The van der Waals surface area contributed by atoms with Gasteiger partial charge in [-0.1, -0.05) is 21.1 Å². The molecule has 1 aliphatic rings. The molecule has 3 rings (SSSR count). The Morgan fingerprint density at radius 2 is 2.12 bits per heavy atom. The van der Waals surface area contributed by atoms with Gasteiger partial charge in [-0.05, 0) is 43.5 Å². The molecule has 5 heteroatoms. The van der Waals surface area contributed by atoms with Gasteiger partial charge in [-0.25, -0.2) is 4.68 Å². The molecule has 17 heavy (non-hydrogen) atoms. The fourth-order valence-corrected chi connectivity index (χ4v) is 2.67. The van der Waals surface area contributed by atoms with E-state index in [0.717, 1.165) is 15.9 Å². The van der Waals surface area contributed by atoms with Crippen LogP contribution in [-0.4, -0.2) is 15.0 Å². The summed E-state index contributed by atoms with van der Waals surface area (Å²) in [7, 11) is 0. The summed E-state index contributed by atoms with van der Waals surface area (Å²) in [5.74, 6) is 1.09. The molecule has 4 nitrogen and oxygen atoms in total. The first-order valence-electron chi connectivity index (χ1n) is 5.64. The van der Waals surface area contributed by atoms with Crippen molar-refractivity contribution in [2.75, 3.05) is 5.73 Å². The largest absolute Gasteiger partial charge is 0.381 e. The Bertz CT molecular complexity index is 552. The van der Waals surface area contributed by atoms with Crippen LogP contribution in [0.25, 0.3) is 5.69 Å². The van der Waals surface area contributed by atoms with Crippen molar-refractivity contribution >= 4 is 21.7 Å². The minimum Gasteiger partial charge on any atom is -0.381 e. The van der Waals surface area contributed by atoms with Crippen LogP contribution < -0.4 is 5.73 Å². The van der Waals surface area contributed by atoms with Crippen LogP contribution in [0.3, 0.4) is 0 Å². The maximum atomic E-state index is 5.89. The van der Waals surface area contributed by atoms with Crippen molar-refractivity contribution in [1.82, 2.24) is 15.0 Å². The lowest BCUT2D eigenvalue weighted by molar-refractivity contribution is 0.762. The minimum atomic E-state index is 0.532. The topological polar surface area (TPSA) is 56.7 Å². The molecule has 1 fully saturated rings. The first-order chi connectivity index (χ1) is 8.15. The quantitative estimate of drug-likeness (QED) is 0.926. The van der Waals surface area contributed by atoms with Crippen LogP contribution in [-0.2, 0) is 0 Å². The molecule has 0 aliphatic heterocycles. The summed E-state index contributed by atoms with van der Waals surface area (Å²) in [6, 6.07) is 6.19. The van der Waals surface area contributed by atoms with Crippen molar-refractivity contribution < 1.29 is 0 Å². The second-order valence-corrected chi connectivity index (χ2v) is 5.45. The van der Waals surface area contributed by atoms with Crippen LogP contribution in [0.2, 0.25) is 0 Å². The number of rotatable bonds is 2. The van der Waals surface area contributed by atoms with Crippen molar-refractivity contribution in [2.45, 2.75) is 25.7 Å². The zero-order chi connectivity index (χ0) is 12.0. The molecule has 1 saturated carbocycles. The van der Waals surface area contributed by atoms with Gasteiger partial charge in [-0.2, -0.15) is 0 Å². The molecule has 0 saturated heterocycles. The van der Waals surface area contributed by atoms with Crippen LogP contribution in [0.5, 0.6) is 0 Å². The fourth-order valence-electron chi connectivity index (χ4n) is 2.07. The van der Waals surface area contributed by atoms with Gasteiger partial charge < -0.3 is 5.73 Å². The van der Waals surface area contributed by atoms with Gasteiger partial charge in [-0.15, -0.1) is 5.10 Å². The molecular formula is C12H13BrN4. The van der Waals surface area contributed by atoms with E-state index in [2.05, 4.69) is 45.3 Å². The normalized spacial score (nSPS) is 15.2. The predicted molar refractivity (Wildman–Crippen MR) is 70.2 cm³/mol. The van der Waals surface area contributed by atoms with Gasteiger partial charge in [-0.3, -0.25) is 0 Å². The van der Waals surface area contributed by atoms with Crippen LogP contribution >= 0.6 is 15.9 Å². The molecule has 0 unspecified atom stereocenters. The summed E-state index contributed by atoms with van der Waals surface area (Å²) in [5, 5.41) is 8.14. The van der Waals surface area contributed by atoms with Crippen molar-refractivity contribution in [1.29, 1.82) is 0 Å². The van der Waals surface area contributed by atoms with E-state index in [1.165, 1.54) is 18.4 Å². The number of nitrogen functional groups attached to an aromatic ring is 1. The lowest BCUT2D eigenvalue weighted by atomic mass is 10.2. The Morgan fingerprint density at radius 3 is 2.76 bits per heavy atom. The second kappa shape index (κ2) is 3.84. The molecule has 88 valence electrons. The summed E-state index contributed by atoms with van der Waals surface area (Å²) in [6.07, 6.45) is 2.37. The number of benzene rings is 1. The first-order valence-corrected chi connectivity index (χ1v) is 6.43. The van der Waals surface area contributed by atoms with E-state index in [0.29, 0.717) is 11.7 Å². The van der Waals surface area contributed by atoms with Gasteiger partial charge in [0.2, 0.25) is 0 Å². The van der Waals surface area contributed by atoms with Crippen LogP contribution in [0.1, 0.15) is 30.0 Å². The third kappa shape index (κ3) is 1.95. The molecule has 1 aromatic heterocycles. The lowest BCUT2D eigenvalue weighted by Crippen LogP contribution is -2.03. The third-order valence-corrected chi connectivity index (χ3v) is 3.43. The summed E-state index contributed by atoms with van der Waals surface area (Å²) in [6.45, 7) is 2.06. The molecule has 1 aliphatic carbocycles. The highest BCUT2D eigenvalue weighted by atomic mass is 79.9. The van der Waals surface area contributed by atoms with Crippen molar-refractivity contribution in [3.8, 4) is 5.69 Å². The molecule has 0 amide bonds. The highest BCUT2D eigenvalue weighted by molar-refractivity contribution is 9.10. The number of aryl methyl sites for hydroxylation is 1. The Balaban J connectivity index is 2.14. The average molecular weight is 293 g/mol. The number of nitrogens with two attached hydrogens (primary N) is 1. The SMILES string of the molecule is Cc1cc(Br)cc(-n2nnc(N)c2C2CC2)c1. The van der Waals surface area contributed by atoms with E-state index in [4.69, 9.17) is 5.73 Å². The average Bonchev–Trinajstić information content (AvgIpc) is 3.01. The molecule has 1 heterocycles. The van der Waals surface area contributed by atoms with Gasteiger partial charge in [0.15, 0.2) is 5.82 Å². The standard InChI is InChI=1S/C12H13BrN4/c1-7-4-9(13)6-10(5-7)17-11(8-2-3-8)12(14)15-16-17/h4-6,8H,2-3,14H2,1H3. The molecule has 0 spiro atoms. The minimum absolute atomic E-state index is 0.532. The van der Waals surface area contributed by atoms with Gasteiger partial charge >= 0.3 is 0 Å². The molecular weight excluding hydrogens is 280 g/mol. The number of aromatic nitrogens is 3. The number of halogens is 1. The van der Waals surface area contributed by atoms with E-state index < -0.39 is 0 Å². The molecule has 1 aromatic carbocycles. The Labute approximate surface area is 108 Å². The Kier molecular flexibility index (Phi) is 2.43. The predicted octanol–water partition coefficient (Wildman–Crippen LogP) is 2.80. The van der Waals surface area contributed by atoms with E-state index >= 15 is 0 Å². The summed E-state index contributed by atoms with van der Waals surface area (Å²) < 4.78 is 2.91. The molecule has 2 N–H and O–H groups in total. The Morgan fingerprint density at radius 1 is 1.35 bits per heavy atom. The van der Waals surface area contributed by atoms with E-state index in [-0.39, 0.29) is 0 Å². The van der Waals surface area contributed by atoms with E-state index in [9.17, 15) is 0 Å². The zero-order valence-electron chi connectivity index (χ0n) is 9.52. The van der Waals surface area contributed by atoms with Gasteiger partial charge in [0.05, 0.1) is 11.4 Å². The zero-order valence-corrected chi connectivity index (χ0v) is 11.1. The maximum Gasteiger partial charge on any atom is 0.169 e. The first kappa shape index (κ1) is 10.8. The third-order valence-electron chi connectivity index (χ3n) is 2.97. The van der Waals surface area contributed by atoms with Gasteiger partial charge in [0.1, 0.15) is 0 Å². The van der Waals surface area contributed by atoms with Crippen LogP contribution in [0.15, 0.2) is 22.7 Å². The summed E-state index contributed by atoms with van der Waals surface area (Å²) in [4.78, 5) is 0. The second-order valence-electron chi connectivity index (χ2n) is 4.53. The van der Waals surface area contributed by atoms with Crippen LogP contribution in [0, 0.1) is 6.92 Å². The van der Waals surface area contributed by atoms with Gasteiger partial charge in [0.25, 0.3) is 0 Å². The highest BCUT2D eigenvalue weighted by Gasteiger charge is 2.31. The Hall–Kier alpha value is -1.36. The molecule has 0 bridgehead atoms.